The van der Waals surface area contributed by atoms with Crippen LogP contribution in [-0.4, -0.2) is 26.6 Å². The Labute approximate surface area is 184 Å². The standard InChI is InChI=1S/C21H15F5N2O2S2/c1-32(29,30)14-4-2-3-12(9-14)18-7-8-19(31-18)17(11-20(27)21(24,25)26)28-16-10-13(22)5-6-15(16)23/h2-11,27-28H,1H3/b17-11-,27-20?. The Hall–Kier alpha value is -3.05. The van der Waals surface area contributed by atoms with Gasteiger partial charge < -0.3 is 5.32 Å². The van der Waals surface area contributed by atoms with Gasteiger partial charge in [-0.15, -0.1) is 11.3 Å². The molecule has 3 rings (SSSR count). The molecule has 0 amide bonds. The van der Waals surface area contributed by atoms with Gasteiger partial charge in [0.25, 0.3) is 0 Å². The number of sulfone groups is 1. The van der Waals surface area contributed by atoms with Crippen LogP contribution < -0.4 is 5.32 Å². The summed E-state index contributed by atoms with van der Waals surface area (Å²) in [6.07, 6.45) is -3.42. The summed E-state index contributed by atoms with van der Waals surface area (Å²) >= 11 is 0.990. The van der Waals surface area contributed by atoms with Crippen molar-refractivity contribution in [1.29, 1.82) is 5.41 Å². The lowest BCUT2D eigenvalue weighted by molar-refractivity contribution is -0.0583. The first-order valence-corrected chi connectivity index (χ1v) is 11.6. The first-order valence-electron chi connectivity index (χ1n) is 8.85. The van der Waals surface area contributed by atoms with Gasteiger partial charge in [0.15, 0.2) is 9.84 Å². The zero-order valence-corrected chi connectivity index (χ0v) is 17.9. The SMILES string of the molecule is CS(=O)(=O)c1cccc(-c2ccc(/C(=C/C(=N)C(F)(F)F)Nc3cc(F)ccc3F)s2)c1. The van der Waals surface area contributed by atoms with Gasteiger partial charge in [-0.3, -0.25) is 5.41 Å². The highest BCUT2D eigenvalue weighted by Gasteiger charge is 2.33. The molecule has 1 heterocycles. The molecule has 168 valence electrons. The van der Waals surface area contributed by atoms with Crippen LogP contribution in [-0.2, 0) is 9.84 Å². The van der Waals surface area contributed by atoms with Crippen molar-refractivity contribution in [3.05, 3.63) is 77.2 Å². The number of halogens is 5. The van der Waals surface area contributed by atoms with E-state index < -0.39 is 39.0 Å². The summed E-state index contributed by atoms with van der Waals surface area (Å²) in [6.45, 7) is 0. The monoisotopic (exact) mass is 486 g/mol. The maximum absolute atomic E-state index is 14.1. The van der Waals surface area contributed by atoms with E-state index in [4.69, 9.17) is 5.41 Å². The quantitative estimate of drug-likeness (QED) is 0.325. The van der Waals surface area contributed by atoms with E-state index in [0.717, 1.165) is 35.8 Å². The highest BCUT2D eigenvalue weighted by molar-refractivity contribution is 7.90. The van der Waals surface area contributed by atoms with E-state index in [-0.39, 0.29) is 15.5 Å². The summed E-state index contributed by atoms with van der Waals surface area (Å²) in [6, 6.07) is 11.4. The molecule has 0 saturated carbocycles. The Morgan fingerprint density at radius 1 is 1.06 bits per heavy atom. The molecular formula is C21H15F5N2O2S2. The van der Waals surface area contributed by atoms with Crippen molar-refractivity contribution in [3.8, 4) is 10.4 Å². The highest BCUT2D eigenvalue weighted by atomic mass is 32.2. The molecule has 11 heteroatoms. The molecule has 32 heavy (non-hydrogen) atoms. The Balaban J connectivity index is 2.05. The van der Waals surface area contributed by atoms with Crippen LogP contribution in [0, 0.1) is 17.0 Å². The predicted octanol–water partition coefficient (Wildman–Crippen LogP) is 6.13. The van der Waals surface area contributed by atoms with Crippen molar-refractivity contribution in [1.82, 2.24) is 0 Å². The zero-order valence-electron chi connectivity index (χ0n) is 16.3. The first-order chi connectivity index (χ1) is 14.8. The van der Waals surface area contributed by atoms with Crippen LogP contribution in [0.5, 0.6) is 0 Å². The minimum absolute atomic E-state index is 0.0690. The number of thiophene rings is 1. The lowest BCUT2D eigenvalue weighted by atomic mass is 10.2. The number of benzene rings is 2. The fraction of sp³-hybridized carbons (Fsp3) is 0.0952. The van der Waals surface area contributed by atoms with E-state index in [0.29, 0.717) is 16.5 Å². The molecule has 0 aliphatic carbocycles. The van der Waals surface area contributed by atoms with Crippen LogP contribution in [0.15, 0.2) is 65.6 Å². The second-order valence-corrected chi connectivity index (χ2v) is 9.78. The molecule has 2 N–H and O–H groups in total. The van der Waals surface area contributed by atoms with Gasteiger partial charge in [0, 0.05) is 17.2 Å². The zero-order chi connectivity index (χ0) is 23.7. The summed E-state index contributed by atoms with van der Waals surface area (Å²) in [4.78, 5) is 0.790. The molecule has 0 radical (unpaired) electrons. The summed E-state index contributed by atoms with van der Waals surface area (Å²) in [5.74, 6) is -1.70. The van der Waals surface area contributed by atoms with E-state index in [2.05, 4.69) is 5.32 Å². The number of alkyl halides is 3. The van der Waals surface area contributed by atoms with Crippen LogP contribution in [0.2, 0.25) is 0 Å². The molecule has 0 spiro atoms. The molecule has 0 unspecified atom stereocenters. The molecule has 0 saturated heterocycles. The fourth-order valence-corrected chi connectivity index (χ4v) is 4.29. The van der Waals surface area contributed by atoms with Gasteiger partial charge in [-0.25, -0.2) is 17.2 Å². The van der Waals surface area contributed by atoms with Gasteiger partial charge in [-0.05, 0) is 48.0 Å². The summed E-state index contributed by atoms with van der Waals surface area (Å²) in [5.41, 5.74) is -1.86. The summed E-state index contributed by atoms with van der Waals surface area (Å²) in [5, 5.41) is 9.71. The molecule has 4 nitrogen and oxygen atoms in total. The van der Waals surface area contributed by atoms with Crippen LogP contribution in [0.25, 0.3) is 16.1 Å². The molecule has 0 fully saturated rings. The molecular weight excluding hydrogens is 471 g/mol. The maximum Gasteiger partial charge on any atom is 0.432 e. The van der Waals surface area contributed by atoms with Crippen molar-refractivity contribution in [2.75, 3.05) is 11.6 Å². The number of allylic oxidation sites excluding steroid dienone is 1. The summed E-state index contributed by atoms with van der Waals surface area (Å²) in [7, 11) is -3.47. The molecule has 2 aromatic carbocycles. The Kier molecular flexibility index (Phi) is 6.51. The molecule has 0 aliphatic rings. The van der Waals surface area contributed by atoms with Gasteiger partial charge >= 0.3 is 6.18 Å². The Morgan fingerprint density at radius 3 is 2.44 bits per heavy atom. The third kappa shape index (κ3) is 5.60. The van der Waals surface area contributed by atoms with Crippen LogP contribution in [0.3, 0.4) is 0 Å². The largest absolute Gasteiger partial charge is 0.432 e. The van der Waals surface area contributed by atoms with Crippen molar-refractivity contribution in [2.45, 2.75) is 11.1 Å². The third-order valence-electron chi connectivity index (χ3n) is 4.21. The fourth-order valence-electron chi connectivity index (χ4n) is 2.65. The van der Waals surface area contributed by atoms with E-state index in [1.807, 2.05) is 0 Å². The first kappa shape index (κ1) is 23.6. The molecule has 1 aromatic heterocycles. The number of hydrogen-bond acceptors (Lipinski definition) is 5. The van der Waals surface area contributed by atoms with Gasteiger partial charge in [-0.1, -0.05) is 12.1 Å². The Morgan fingerprint density at radius 2 is 1.78 bits per heavy atom. The third-order valence-corrected chi connectivity index (χ3v) is 6.49. The minimum Gasteiger partial charge on any atom is -0.352 e. The predicted molar refractivity (Wildman–Crippen MR) is 115 cm³/mol. The smallest absolute Gasteiger partial charge is 0.352 e. The van der Waals surface area contributed by atoms with Gasteiger partial charge in [0.1, 0.15) is 17.3 Å². The average molecular weight is 486 g/mol. The topological polar surface area (TPSA) is 70.0 Å². The second kappa shape index (κ2) is 8.83. The summed E-state index contributed by atoms with van der Waals surface area (Å²) < 4.78 is 90.0. The van der Waals surface area contributed by atoms with Crippen molar-refractivity contribution in [2.24, 2.45) is 0 Å². The van der Waals surface area contributed by atoms with Crippen molar-refractivity contribution >= 4 is 38.3 Å². The molecule has 0 aliphatic heterocycles. The van der Waals surface area contributed by atoms with Gasteiger partial charge in [-0.2, -0.15) is 13.2 Å². The number of rotatable bonds is 6. The average Bonchev–Trinajstić information content (AvgIpc) is 3.19. The van der Waals surface area contributed by atoms with E-state index in [1.54, 1.807) is 12.1 Å². The van der Waals surface area contributed by atoms with Gasteiger partial charge in [0.2, 0.25) is 0 Å². The number of anilines is 1. The normalized spacial score (nSPS) is 12.6. The van der Waals surface area contributed by atoms with Crippen molar-refractivity contribution < 1.29 is 30.4 Å². The van der Waals surface area contributed by atoms with E-state index in [1.165, 1.54) is 24.3 Å². The van der Waals surface area contributed by atoms with Gasteiger partial charge in [0.05, 0.1) is 21.2 Å². The van der Waals surface area contributed by atoms with Crippen LogP contribution >= 0.6 is 11.3 Å². The lowest BCUT2D eigenvalue weighted by Crippen LogP contribution is -2.20. The molecule has 0 atom stereocenters. The molecule has 0 bridgehead atoms. The van der Waals surface area contributed by atoms with Crippen LogP contribution in [0.4, 0.5) is 27.6 Å². The number of nitrogens with one attached hydrogen (secondary N) is 2. The highest BCUT2D eigenvalue weighted by Crippen LogP contribution is 2.34. The second-order valence-electron chi connectivity index (χ2n) is 6.68. The van der Waals surface area contributed by atoms with Crippen LogP contribution in [0.1, 0.15) is 4.88 Å². The maximum atomic E-state index is 14.1. The van der Waals surface area contributed by atoms with Crippen molar-refractivity contribution in [3.63, 3.8) is 0 Å². The molecule has 3 aromatic rings. The number of hydrogen-bond donors (Lipinski definition) is 2. The van der Waals surface area contributed by atoms with E-state index >= 15 is 0 Å². The lowest BCUT2D eigenvalue weighted by Gasteiger charge is -2.12. The minimum atomic E-state index is -4.95. The van der Waals surface area contributed by atoms with E-state index in [9.17, 15) is 30.4 Å². The Bertz CT molecular complexity index is 1310.